The van der Waals surface area contributed by atoms with Crippen LogP contribution in [0.4, 0.5) is 0 Å². The van der Waals surface area contributed by atoms with E-state index in [1.54, 1.807) is 42.5 Å². The fourth-order valence-electron chi connectivity index (χ4n) is 2.83. The molecule has 1 unspecified atom stereocenters. The first-order valence-electron chi connectivity index (χ1n) is 7.98. The molecule has 3 rings (SSSR count). The lowest BCUT2D eigenvalue weighted by Crippen LogP contribution is -2.43. The highest BCUT2D eigenvalue weighted by Gasteiger charge is 2.36. The van der Waals surface area contributed by atoms with Crippen molar-refractivity contribution in [1.82, 2.24) is 4.72 Å². The zero-order valence-electron chi connectivity index (χ0n) is 13.5. The third-order valence-electron chi connectivity index (χ3n) is 4.36. The van der Waals surface area contributed by atoms with Crippen molar-refractivity contribution in [3.63, 3.8) is 0 Å². The molecule has 0 aromatic heterocycles. The van der Waals surface area contributed by atoms with Gasteiger partial charge >= 0.3 is 0 Å². The van der Waals surface area contributed by atoms with Gasteiger partial charge in [-0.2, -0.15) is 0 Å². The second-order valence-corrected chi connectivity index (χ2v) is 7.72. The Balaban J connectivity index is 1.79. The zero-order chi connectivity index (χ0) is 17.2. The minimum absolute atomic E-state index is 0.0920. The number of sulfonamides is 1. The summed E-state index contributed by atoms with van der Waals surface area (Å²) in [6.45, 7) is 2.27. The molecular formula is C18H21NO4S. The van der Waals surface area contributed by atoms with E-state index in [0.717, 1.165) is 12.0 Å². The molecule has 1 heterocycles. The van der Waals surface area contributed by atoms with Gasteiger partial charge in [0, 0.05) is 18.5 Å². The Bertz CT molecular complexity index is 817. The monoisotopic (exact) mass is 347 g/mol. The minimum Gasteiger partial charge on any atom is -0.493 e. The number of benzene rings is 2. The zero-order valence-corrected chi connectivity index (χ0v) is 14.3. The van der Waals surface area contributed by atoms with Crippen LogP contribution in [0.3, 0.4) is 0 Å². The molecule has 1 aliphatic heterocycles. The standard InChI is InChI=1S/C18H21NO4S/c1-2-14-7-9-15(10-8-14)24(21,22)19-13-18(20)11-12-23-17-6-4-3-5-16(17)18/h3-10,19-20H,2,11-13H2,1H3. The summed E-state index contributed by atoms with van der Waals surface area (Å²) in [7, 11) is -3.68. The number of fused-ring (bicyclic) bond motifs is 1. The van der Waals surface area contributed by atoms with Crippen LogP contribution in [0.25, 0.3) is 0 Å². The first kappa shape index (κ1) is 17.0. The molecule has 0 bridgehead atoms. The predicted octanol–water partition coefficient (Wildman–Crippen LogP) is 2.20. The van der Waals surface area contributed by atoms with E-state index in [2.05, 4.69) is 4.72 Å². The van der Waals surface area contributed by atoms with Crippen LogP contribution in [0.5, 0.6) is 5.75 Å². The number of para-hydroxylation sites is 1. The highest BCUT2D eigenvalue weighted by atomic mass is 32.2. The van der Waals surface area contributed by atoms with Crippen LogP contribution in [0, 0.1) is 0 Å². The van der Waals surface area contributed by atoms with E-state index in [1.807, 2.05) is 13.0 Å². The summed E-state index contributed by atoms with van der Waals surface area (Å²) >= 11 is 0. The largest absolute Gasteiger partial charge is 0.493 e. The molecule has 0 aliphatic carbocycles. The topological polar surface area (TPSA) is 75.6 Å². The van der Waals surface area contributed by atoms with E-state index in [4.69, 9.17) is 4.74 Å². The van der Waals surface area contributed by atoms with Crippen molar-refractivity contribution in [2.45, 2.75) is 30.3 Å². The van der Waals surface area contributed by atoms with Crippen molar-refractivity contribution in [3.05, 3.63) is 59.7 Å². The van der Waals surface area contributed by atoms with E-state index >= 15 is 0 Å². The van der Waals surface area contributed by atoms with Crippen molar-refractivity contribution in [2.75, 3.05) is 13.2 Å². The normalized spacial score (nSPS) is 20.2. The maximum Gasteiger partial charge on any atom is 0.240 e. The molecule has 0 amide bonds. The highest BCUT2D eigenvalue weighted by molar-refractivity contribution is 7.89. The summed E-state index contributed by atoms with van der Waals surface area (Å²) in [5.74, 6) is 0.595. The SMILES string of the molecule is CCc1ccc(S(=O)(=O)NCC2(O)CCOc3ccccc32)cc1. The third kappa shape index (κ3) is 3.31. The van der Waals surface area contributed by atoms with Crippen molar-refractivity contribution in [1.29, 1.82) is 0 Å². The van der Waals surface area contributed by atoms with E-state index in [1.165, 1.54) is 0 Å². The molecule has 24 heavy (non-hydrogen) atoms. The minimum atomic E-state index is -3.68. The van der Waals surface area contributed by atoms with Crippen molar-refractivity contribution in [3.8, 4) is 5.75 Å². The molecule has 128 valence electrons. The smallest absolute Gasteiger partial charge is 0.240 e. The van der Waals surface area contributed by atoms with Crippen LogP contribution in [-0.4, -0.2) is 26.7 Å². The lowest BCUT2D eigenvalue weighted by Gasteiger charge is -2.34. The Morgan fingerprint density at radius 1 is 1.17 bits per heavy atom. The molecule has 2 N–H and O–H groups in total. The van der Waals surface area contributed by atoms with Crippen LogP contribution < -0.4 is 9.46 Å². The Morgan fingerprint density at radius 3 is 2.58 bits per heavy atom. The Kier molecular flexibility index (Phi) is 4.62. The predicted molar refractivity (Wildman–Crippen MR) is 91.5 cm³/mol. The molecule has 0 fully saturated rings. The summed E-state index contributed by atoms with van der Waals surface area (Å²) in [5.41, 5.74) is 0.414. The number of aliphatic hydroxyl groups is 1. The van der Waals surface area contributed by atoms with Gasteiger partial charge in [-0.3, -0.25) is 0 Å². The van der Waals surface area contributed by atoms with Crippen LogP contribution >= 0.6 is 0 Å². The van der Waals surface area contributed by atoms with Gasteiger partial charge in [-0.15, -0.1) is 0 Å². The molecule has 1 atom stereocenters. The van der Waals surface area contributed by atoms with Gasteiger partial charge in [-0.1, -0.05) is 37.3 Å². The van der Waals surface area contributed by atoms with E-state index in [-0.39, 0.29) is 11.4 Å². The van der Waals surface area contributed by atoms with E-state index in [9.17, 15) is 13.5 Å². The number of rotatable bonds is 5. The highest BCUT2D eigenvalue weighted by Crippen LogP contribution is 2.36. The molecule has 0 saturated heterocycles. The van der Waals surface area contributed by atoms with E-state index < -0.39 is 15.6 Å². The van der Waals surface area contributed by atoms with Gasteiger partial charge in [-0.05, 0) is 30.2 Å². The van der Waals surface area contributed by atoms with Gasteiger partial charge in [0.25, 0.3) is 0 Å². The second-order valence-electron chi connectivity index (χ2n) is 5.95. The van der Waals surface area contributed by atoms with Gasteiger partial charge in [0.2, 0.25) is 10.0 Å². The quantitative estimate of drug-likeness (QED) is 0.869. The number of hydrogen-bond acceptors (Lipinski definition) is 4. The van der Waals surface area contributed by atoms with Crippen LogP contribution in [0.1, 0.15) is 24.5 Å². The van der Waals surface area contributed by atoms with Gasteiger partial charge in [-0.25, -0.2) is 13.1 Å². The number of ether oxygens (including phenoxy) is 1. The van der Waals surface area contributed by atoms with Gasteiger partial charge < -0.3 is 9.84 Å². The van der Waals surface area contributed by atoms with Crippen LogP contribution in [-0.2, 0) is 22.0 Å². The molecule has 1 aliphatic rings. The summed E-state index contributed by atoms with van der Waals surface area (Å²) in [6, 6.07) is 13.9. The lowest BCUT2D eigenvalue weighted by atomic mass is 9.88. The maximum atomic E-state index is 12.5. The number of nitrogens with one attached hydrogen (secondary N) is 1. The summed E-state index contributed by atoms with van der Waals surface area (Å²) < 4.78 is 33.0. The fourth-order valence-corrected chi connectivity index (χ4v) is 3.92. The maximum absolute atomic E-state index is 12.5. The van der Waals surface area contributed by atoms with E-state index in [0.29, 0.717) is 24.3 Å². The molecule has 0 radical (unpaired) electrons. The first-order valence-corrected chi connectivity index (χ1v) is 9.46. The third-order valence-corrected chi connectivity index (χ3v) is 5.78. The average Bonchev–Trinajstić information content (AvgIpc) is 2.61. The summed E-state index contributed by atoms with van der Waals surface area (Å²) in [6.07, 6.45) is 1.19. The van der Waals surface area contributed by atoms with Crippen molar-refractivity contribution in [2.24, 2.45) is 0 Å². The molecule has 0 saturated carbocycles. The average molecular weight is 347 g/mol. The molecule has 6 heteroatoms. The lowest BCUT2D eigenvalue weighted by molar-refractivity contribution is 0.00219. The molecular weight excluding hydrogens is 326 g/mol. The number of aryl methyl sites for hydroxylation is 1. The molecule has 2 aromatic carbocycles. The molecule has 2 aromatic rings. The Morgan fingerprint density at radius 2 is 1.88 bits per heavy atom. The van der Waals surface area contributed by atoms with Gasteiger partial charge in [0.1, 0.15) is 11.4 Å². The first-order chi connectivity index (χ1) is 11.4. The Hall–Kier alpha value is -1.89. The molecule has 5 nitrogen and oxygen atoms in total. The van der Waals surface area contributed by atoms with Gasteiger partial charge in [0.15, 0.2) is 0 Å². The van der Waals surface area contributed by atoms with Crippen LogP contribution in [0.15, 0.2) is 53.4 Å². The summed E-state index contributed by atoms with van der Waals surface area (Å²) in [4.78, 5) is 0.198. The molecule has 0 spiro atoms. The fraction of sp³-hybridized carbons (Fsp3) is 0.333. The number of hydrogen-bond donors (Lipinski definition) is 2. The Labute approximate surface area is 142 Å². The van der Waals surface area contributed by atoms with Gasteiger partial charge in [0.05, 0.1) is 11.5 Å². The van der Waals surface area contributed by atoms with Crippen LogP contribution in [0.2, 0.25) is 0 Å². The van der Waals surface area contributed by atoms with Crippen molar-refractivity contribution >= 4 is 10.0 Å². The summed E-state index contributed by atoms with van der Waals surface area (Å²) in [5, 5.41) is 10.9. The van der Waals surface area contributed by atoms with Crippen molar-refractivity contribution < 1.29 is 18.3 Å². The second kappa shape index (κ2) is 6.55.